The maximum atomic E-state index is 13.6. The number of esters is 1. The fourth-order valence-corrected chi connectivity index (χ4v) is 9.68. The largest absolute Gasteiger partial charge is 0.508 e. The molecule has 3 saturated carbocycles. The number of amides is 1. The van der Waals surface area contributed by atoms with E-state index in [-0.39, 0.29) is 29.2 Å². The summed E-state index contributed by atoms with van der Waals surface area (Å²) in [6.45, 7) is 3.56. The SMILES string of the molecule is CC(=O)Oc1cc(O)c2c3c1O[C@H]1[C@H](N(C)C(=O)CCCCC4CCCCC4)CC[C@H]4[C@@H](C2)N(CC2CC2)CC[C@@]341. The van der Waals surface area contributed by atoms with E-state index >= 15 is 0 Å². The Hall–Kier alpha value is -2.28. The van der Waals surface area contributed by atoms with Crippen LogP contribution in [0.5, 0.6) is 17.2 Å². The van der Waals surface area contributed by atoms with Gasteiger partial charge in [-0.2, -0.15) is 0 Å². The second-order valence-corrected chi connectivity index (χ2v) is 14.2. The van der Waals surface area contributed by atoms with Gasteiger partial charge in [0.1, 0.15) is 11.9 Å². The quantitative estimate of drug-likeness (QED) is 0.234. The first kappa shape index (κ1) is 27.5. The van der Waals surface area contributed by atoms with Crippen LogP contribution in [0.25, 0.3) is 0 Å². The number of piperidine rings is 1. The molecule has 4 aliphatic carbocycles. The molecule has 41 heavy (non-hydrogen) atoms. The van der Waals surface area contributed by atoms with Crippen LogP contribution in [0.1, 0.15) is 108 Å². The van der Waals surface area contributed by atoms with Crippen LogP contribution in [0.2, 0.25) is 0 Å². The number of likely N-dealkylation sites (N-methyl/N-ethyl adjacent to an activating group) is 1. The summed E-state index contributed by atoms with van der Waals surface area (Å²) in [6.07, 6.45) is 17.0. The smallest absolute Gasteiger partial charge is 0.308 e. The number of rotatable bonds is 9. The van der Waals surface area contributed by atoms with E-state index in [0.29, 0.717) is 29.9 Å². The first-order chi connectivity index (χ1) is 19.9. The van der Waals surface area contributed by atoms with Crippen LogP contribution < -0.4 is 9.47 Å². The molecule has 1 N–H and O–H groups in total. The molecule has 2 heterocycles. The lowest BCUT2D eigenvalue weighted by Crippen LogP contribution is -2.69. The summed E-state index contributed by atoms with van der Waals surface area (Å²) in [5.74, 6) is 3.06. The van der Waals surface area contributed by atoms with Crippen molar-refractivity contribution in [1.82, 2.24) is 9.80 Å². The first-order valence-corrected chi connectivity index (χ1v) is 16.6. The molecule has 1 amide bonds. The molecule has 2 aliphatic heterocycles. The van der Waals surface area contributed by atoms with E-state index in [0.717, 1.165) is 74.6 Å². The van der Waals surface area contributed by atoms with E-state index in [4.69, 9.17) is 9.47 Å². The average Bonchev–Trinajstić information content (AvgIpc) is 3.71. The average molecular weight is 565 g/mol. The summed E-state index contributed by atoms with van der Waals surface area (Å²) in [5.41, 5.74) is 1.78. The Morgan fingerprint density at radius 2 is 1.90 bits per heavy atom. The summed E-state index contributed by atoms with van der Waals surface area (Å²) in [6, 6.07) is 1.93. The van der Waals surface area contributed by atoms with E-state index < -0.39 is 5.97 Å². The van der Waals surface area contributed by atoms with E-state index in [1.54, 1.807) is 6.07 Å². The van der Waals surface area contributed by atoms with Crippen molar-refractivity contribution in [3.63, 3.8) is 0 Å². The predicted octanol–water partition coefficient (Wildman–Crippen LogP) is 5.73. The van der Waals surface area contributed by atoms with Crippen molar-refractivity contribution < 1.29 is 24.2 Å². The van der Waals surface area contributed by atoms with Crippen LogP contribution in [0.3, 0.4) is 0 Å². The minimum Gasteiger partial charge on any atom is -0.508 e. The monoisotopic (exact) mass is 564 g/mol. The van der Waals surface area contributed by atoms with Crippen molar-refractivity contribution in [2.24, 2.45) is 17.8 Å². The van der Waals surface area contributed by atoms with Gasteiger partial charge in [0.25, 0.3) is 0 Å². The first-order valence-electron chi connectivity index (χ1n) is 16.6. The number of unbranched alkanes of at least 4 members (excludes halogenated alkanes) is 1. The number of hydrogen-bond acceptors (Lipinski definition) is 6. The van der Waals surface area contributed by atoms with Crippen LogP contribution in [0, 0.1) is 17.8 Å². The van der Waals surface area contributed by atoms with Crippen LogP contribution in [-0.4, -0.2) is 65.1 Å². The van der Waals surface area contributed by atoms with Gasteiger partial charge in [-0.25, -0.2) is 0 Å². The van der Waals surface area contributed by atoms with Gasteiger partial charge in [0.05, 0.1) is 6.04 Å². The molecular formula is C34H48N2O5. The van der Waals surface area contributed by atoms with Crippen LogP contribution in [0.15, 0.2) is 6.07 Å². The molecule has 0 radical (unpaired) electrons. The molecule has 2 bridgehead atoms. The lowest BCUT2D eigenvalue weighted by molar-refractivity contribution is -0.140. The van der Waals surface area contributed by atoms with E-state index in [9.17, 15) is 14.7 Å². The number of benzene rings is 1. The van der Waals surface area contributed by atoms with Gasteiger partial charge in [-0.15, -0.1) is 0 Å². The second kappa shape index (κ2) is 10.8. The Balaban J connectivity index is 1.14. The summed E-state index contributed by atoms with van der Waals surface area (Å²) in [4.78, 5) is 30.3. The van der Waals surface area contributed by atoms with Crippen molar-refractivity contribution in [3.8, 4) is 17.2 Å². The van der Waals surface area contributed by atoms with Gasteiger partial charge in [-0.05, 0) is 69.2 Å². The van der Waals surface area contributed by atoms with Gasteiger partial charge < -0.3 is 19.5 Å². The van der Waals surface area contributed by atoms with Crippen LogP contribution in [0.4, 0.5) is 0 Å². The van der Waals surface area contributed by atoms with E-state index in [1.807, 2.05) is 11.9 Å². The lowest BCUT2D eigenvalue weighted by atomic mass is 9.50. The zero-order valence-electron chi connectivity index (χ0n) is 25.0. The molecular weight excluding hydrogens is 516 g/mol. The normalized spacial score (nSPS) is 32.2. The van der Waals surface area contributed by atoms with E-state index in [2.05, 4.69) is 4.90 Å². The number of nitrogens with zero attached hydrogens (tertiary/aromatic N) is 2. The number of carbonyl (C=O) groups excluding carboxylic acids is 2. The lowest BCUT2D eigenvalue weighted by Gasteiger charge is -2.60. The standard InChI is InChI=1S/C34H48N2O5/c1-21(37)40-29-19-28(38)24-18-27-25-14-15-26(35(2)30(39)11-7-6-10-22-8-4-3-5-9-22)33-34(25,31(24)32(29)41-33)16-17-36(27)20-23-12-13-23/h19,22-23,25-27,33,38H,3-18,20H2,1-2H3/t25-,26+,27+,33-,34-/m0/s1. The van der Waals surface area contributed by atoms with Crippen LogP contribution in [-0.2, 0) is 21.4 Å². The Labute approximate surface area is 244 Å². The number of aromatic hydroxyl groups is 1. The Bertz CT molecular complexity index is 1190. The molecule has 0 aromatic heterocycles. The minimum atomic E-state index is -0.418. The van der Waals surface area contributed by atoms with Crippen molar-refractivity contribution in [2.75, 3.05) is 20.1 Å². The Morgan fingerprint density at radius 1 is 1.10 bits per heavy atom. The zero-order valence-corrected chi connectivity index (χ0v) is 25.0. The maximum absolute atomic E-state index is 13.6. The molecule has 6 aliphatic rings. The third-order valence-electron chi connectivity index (χ3n) is 11.8. The number of hydrogen-bond donors (Lipinski definition) is 1. The second-order valence-electron chi connectivity index (χ2n) is 14.2. The van der Waals surface area contributed by atoms with Crippen molar-refractivity contribution in [2.45, 2.75) is 127 Å². The highest BCUT2D eigenvalue weighted by Gasteiger charge is 2.67. The zero-order chi connectivity index (χ0) is 28.3. The van der Waals surface area contributed by atoms with Gasteiger partial charge >= 0.3 is 5.97 Å². The summed E-state index contributed by atoms with van der Waals surface area (Å²) >= 11 is 0. The topological polar surface area (TPSA) is 79.3 Å². The number of phenols is 1. The molecule has 4 fully saturated rings. The highest BCUT2D eigenvalue weighted by atomic mass is 16.6. The molecule has 1 aromatic carbocycles. The number of phenolic OH excluding ortho intramolecular Hbond substituents is 1. The minimum absolute atomic E-state index is 0.0293. The highest BCUT2D eigenvalue weighted by molar-refractivity contribution is 5.77. The van der Waals surface area contributed by atoms with Crippen LogP contribution >= 0.6 is 0 Å². The van der Waals surface area contributed by atoms with Gasteiger partial charge in [0, 0.05) is 55.6 Å². The van der Waals surface area contributed by atoms with Gasteiger partial charge in [-0.3, -0.25) is 14.5 Å². The number of likely N-dealkylation sites (tertiary alicyclic amines) is 1. The molecule has 1 aromatic rings. The third kappa shape index (κ3) is 4.74. The highest BCUT2D eigenvalue weighted by Crippen LogP contribution is 2.65. The summed E-state index contributed by atoms with van der Waals surface area (Å²) < 4.78 is 12.5. The van der Waals surface area contributed by atoms with Gasteiger partial charge in [-0.1, -0.05) is 44.9 Å². The van der Waals surface area contributed by atoms with Crippen molar-refractivity contribution in [3.05, 3.63) is 17.2 Å². The van der Waals surface area contributed by atoms with Gasteiger partial charge in [0.2, 0.25) is 5.91 Å². The molecule has 1 spiro atoms. The molecule has 7 heteroatoms. The number of ether oxygens (including phenoxy) is 2. The number of carbonyl (C=O) groups is 2. The Kier molecular flexibility index (Phi) is 7.24. The molecule has 7 rings (SSSR count). The fraction of sp³-hybridized carbons (Fsp3) is 0.765. The molecule has 1 saturated heterocycles. The fourth-order valence-electron chi connectivity index (χ4n) is 9.68. The molecule has 7 nitrogen and oxygen atoms in total. The summed E-state index contributed by atoms with van der Waals surface area (Å²) in [5, 5.41) is 11.3. The van der Waals surface area contributed by atoms with Crippen molar-refractivity contribution >= 4 is 11.9 Å². The molecule has 224 valence electrons. The predicted molar refractivity (Wildman–Crippen MR) is 156 cm³/mol. The maximum Gasteiger partial charge on any atom is 0.308 e. The summed E-state index contributed by atoms with van der Waals surface area (Å²) in [7, 11) is 1.98. The Morgan fingerprint density at radius 3 is 2.66 bits per heavy atom. The van der Waals surface area contributed by atoms with Gasteiger partial charge in [0.15, 0.2) is 11.5 Å². The third-order valence-corrected chi connectivity index (χ3v) is 11.8. The molecule has 5 atom stereocenters. The van der Waals surface area contributed by atoms with Crippen molar-refractivity contribution in [1.29, 1.82) is 0 Å². The molecule has 0 unspecified atom stereocenters. The van der Waals surface area contributed by atoms with E-state index in [1.165, 1.54) is 58.3 Å².